The minimum atomic E-state index is -3.04. The number of carboxylic acid groups (broad SMARTS) is 1. The van der Waals surface area contributed by atoms with Gasteiger partial charge in [0.05, 0.1) is 23.0 Å². The molecule has 120 valence electrons. The van der Waals surface area contributed by atoms with Gasteiger partial charge in [0.15, 0.2) is 9.84 Å². The Morgan fingerprint density at radius 3 is 2.71 bits per heavy atom. The number of rotatable bonds is 3. The molecule has 7 heteroatoms. The molecule has 4 unspecified atom stereocenters. The van der Waals surface area contributed by atoms with Crippen molar-refractivity contribution < 1.29 is 23.1 Å². The minimum absolute atomic E-state index is 0.0447. The zero-order valence-electron chi connectivity index (χ0n) is 12.0. The Bertz CT molecular complexity index is 509. The van der Waals surface area contributed by atoms with Crippen LogP contribution in [0.25, 0.3) is 0 Å². The largest absolute Gasteiger partial charge is 0.481 e. The Hall–Kier alpha value is -0.270. The van der Waals surface area contributed by atoms with Crippen molar-refractivity contribution in [2.75, 3.05) is 29.6 Å². The highest BCUT2D eigenvalue weighted by atomic mass is 32.2. The zero-order chi connectivity index (χ0) is 15.1. The first kappa shape index (κ1) is 15.6. The summed E-state index contributed by atoms with van der Waals surface area (Å²) in [7, 11) is -3.04. The topological polar surface area (TPSA) is 80.7 Å². The van der Waals surface area contributed by atoms with Crippen LogP contribution in [0.5, 0.6) is 0 Å². The van der Waals surface area contributed by atoms with Crippen molar-refractivity contribution in [1.29, 1.82) is 0 Å². The average Bonchev–Trinajstić information content (AvgIpc) is 2.97. The summed E-state index contributed by atoms with van der Waals surface area (Å²) in [6, 6.07) is 0. The predicted molar refractivity (Wildman–Crippen MR) is 81.2 cm³/mol. The van der Waals surface area contributed by atoms with Crippen LogP contribution < -0.4 is 0 Å². The van der Waals surface area contributed by atoms with Crippen LogP contribution in [0, 0.1) is 17.8 Å². The Kier molecular flexibility index (Phi) is 4.27. The molecule has 0 aromatic rings. The summed E-state index contributed by atoms with van der Waals surface area (Å²) in [6.45, 7) is 0.606. The summed E-state index contributed by atoms with van der Waals surface area (Å²) in [5.74, 6) is 0.670. The molecule has 0 aromatic heterocycles. The number of sulfone groups is 1. The van der Waals surface area contributed by atoms with Crippen molar-refractivity contribution in [1.82, 2.24) is 0 Å². The molecule has 4 atom stereocenters. The number of hydrogen-bond acceptors (Lipinski definition) is 5. The van der Waals surface area contributed by atoms with Crippen LogP contribution in [-0.2, 0) is 19.4 Å². The highest BCUT2D eigenvalue weighted by Gasteiger charge is 2.47. The summed E-state index contributed by atoms with van der Waals surface area (Å²) >= 11 is 1.87. The van der Waals surface area contributed by atoms with E-state index in [0.717, 1.165) is 30.8 Å². The SMILES string of the molecule is O=C(O)C(C1CCOC2(CCSC2)C1)C1CCS(=O)(=O)C1. The van der Waals surface area contributed by atoms with Gasteiger partial charge in [-0.1, -0.05) is 0 Å². The highest BCUT2D eigenvalue weighted by molar-refractivity contribution is 7.99. The van der Waals surface area contributed by atoms with Crippen LogP contribution in [0.1, 0.15) is 25.7 Å². The van der Waals surface area contributed by atoms with Crippen LogP contribution in [0.4, 0.5) is 0 Å². The van der Waals surface area contributed by atoms with Crippen molar-refractivity contribution >= 4 is 27.6 Å². The third-order valence-electron chi connectivity index (χ3n) is 5.17. The van der Waals surface area contributed by atoms with E-state index in [-0.39, 0.29) is 28.9 Å². The lowest BCUT2D eigenvalue weighted by Crippen LogP contribution is -2.45. The van der Waals surface area contributed by atoms with E-state index in [1.165, 1.54) is 0 Å². The number of ether oxygens (including phenoxy) is 1. The summed E-state index contributed by atoms with van der Waals surface area (Å²) in [5.41, 5.74) is -0.154. The van der Waals surface area contributed by atoms with E-state index in [1.807, 2.05) is 11.8 Å². The van der Waals surface area contributed by atoms with E-state index in [1.54, 1.807) is 0 Å². The van der Waals surface area contributed by atoms with Gasteiger partial charge in [-0.2, -0.15) is 11.8 Å². The van der Waals surface area contributed by atoms with Gasteiger partial charge in [0.2, 0.25) is 0 Å². The molecular weight excluding hydrogens is 312 g/mol. The molecule has 3 aliphatic rings. The maximum atomic E-state index is 11.8. The molecule has 5 nitrogen and oxygen atoms in total. The normalized spacial score (nSPS) is 40.4. The van der Waals surface area contributed by atoms with Crippen LogP contribution in [0.2, 0.25) is 0 Å². The lowest BCUT2D eigenvalue weighted by atomic mass is 9.73. The third-order valence-corrected chi connectivity index (χ3v) is 8.18. The number of thioether (sulfide) groups is 1. The highest BCUT2D eigenvalue weighted by Crippen LogP contribution is 2.45. The molecule has 0 radical (unpaired) electrons. The van der Waals surface area contributed by atoms with Gasteiger partial charge in [-0.15, -0.1) is 0 Å². The maximum absolute atomic E-state index is 11.8. The molecule has 0 amide bonds. The molecule has 0 saturated carbocycles. The second-order valence-corrected chi connectivity index (χ2v) is 9.95. The third kappa shape index (κ3) is 3.24. The average molecular weight is 334 g/mol. The van der Waals surface area contributed by atoms with Gasteiger partial charge >= 0.3 is 5.97 Å². The molecule has 3 aliphatic heterocycles. The van der Waals surface area contributed by atoms with Gasteiger partial charge in [-0.05, 0) is 43.3 Å². The summed E-state index contributed by atoms with van der Waals surface area (Å²) in [6.07, 6.45) is 3.00. The van der Waals surface area contributed by atoms with Crippen molar-refractivity contribution in [3.63, 3.8) is 0 Å². The second kappa shape index (κ2) is 5.74. The Balaban J connectivity index is 1.76. The molecule has 0 bridgehead atoms. The van der Waals surface area contributed by atoms with Crippen molar-refractivity contribution in [2.24, 2.45) is 17.8 Å². The van der Waals surface area contributed by atoms with Crippen LogP contribution in [0.15, 0.2) is 0 Å². The first-order chi connectivity index (χ1) is 9.91. The fourth-order valence-electron chi connectivity index (χ4n) is 4.13. The molecule has 1 spiro atoms. The second-order valence-electron chi connectivity index (χ2n) is 6.61. The molecule has 3 rings (SSSR count). The summed E-state index contributed by atoms with van der Waals surface area (Å²) in [4.78, 5) is 11.8. The van der Waals surface area contributed by atoms with Gasteiger partial charge in [-0.3, -0.25) is 4.79 Å². The molecule has 0 aliphatic carbocycles. The number of carbonyl (C=O) groups is 1. The lowest BCUT2D eigenvalue weighted by Gasteiger charge is -2.41. The Labute approximate surface area is 129 Å². The first-order valence-electron chi connectivity index (χ1n) is 7.56. The van der Waals surface area contributed by atoms with Crippen LogP contribution in [-0.4, -0.2) is 54.7 Å². The summed E-state index contributed by atoms with van der Waals surface area (Å²) in [5, 5.41) is 9.65. The molecular formula is C14H22O5S2. The monoisotopic (exact) mass is 334 g/mol. The standard InChI is InChI=1S/C14H22O5S2/c15-13(16)12(11-2-6-21(17,18)8-11)10-1-4-19-14(7-10)3-5-20-9-14/h10-12H,1-9H2,(H,15,16). The molecule has 3 fully saturated rings. The number of aliphatic carboxylic acids is 1. The lowest BCUT2D eigenvalue weighted by molar-refractivity contribution is -0.151. The van der Waals surface area contributed by atoms with Gasteiger partial charge in [0.25, 0.3) is 0 Å². The Morgan fingerprint density at radius 2 is 2.14 bits per heavy atom. The van der Waals surface area contributed by atoms with E-state index < -0.39 is 21.7 Å². The smallest absolute Gasteiger partial charge is 0.307 e. The van der Waals surface area contributed by atoms with E-state index in [2.05, 4.69) is 0 Å². The van der Waals surface area contributed by atoms with Crippen LogP contribution >= 0.6 is 11.8 Å². The quantitative estimate of drug-likeness (QED) is 0.841. The number of carboxylic acids is 1. The fourth-order valence-corrected chi connectivity index (χ4v) is 7.36. The molecule has 3 heterocycles. The van der Waals surface area contributed by atoms with Gasteiger partial charge < -0.3 is 9.84 Å². The van der Waals surface area contributed by atoms with Gasteiger partial charge in [-0.25, -0.2) is 8.42 Å². The molecule has 1 N–H and O–H groups in total. The van der Waals surface area contributed by atoms with Crippen molar-refractivity contribution in [2.45, 2.75) is 31.3 Å². The summed E-state index contributed by atoms with van der Waals surface area (Å²) < 4.78 is 29.3. The maximum Gasteiger partial charge on any atom is 0.307 e. The molecule has 0 aromatic carbocycles. The fraction of sp³-hybridized carbons (Fsp3) is 0.929. The molecule has 3 saturated heterocycles. The van der Waals surface area contributed by atoms with Crippen molar-refractivity contribution in [3.05, 3.63) is 0 Å². The van der Waals surface area contributed by atoms with E-state index in [9.17, 15) is 18.3 Å². The van der Waals surface area contributed by atoms with E-state index in [4.69, 9.17) is 4.74 Å². The van der Waals surface area contributed by atoms with Gasteiger partial charge in [0.1, 0.15) is 0 Å². The van der Waals surface area contributed by atoms with E-state index in [0.29, 0.717) is 13.0 Å². The predicted octanol–water partition coefficient (Wildman–Crippen LogP) is 1.42. The molecule has 21 heavy (non-hydrogen) atoms. The minimum Gasteiger partial charge on any atom is -0.481 e. The van der Waals surface area contributed by atoms with E-state index >= 15 is 0 Å². The van der Waals surface area contributed by atoms with Gasteiger partial charge in [0, 0.05) is 12.4 Å². The first-order valence-corrected chi connectivity index (χ1v) is 10.5. The van der Waals surface area contributed by atoms with Crippen LogP contribution in [0.3, 0.4) is 0 Å². The Morgan fingerprint density at radius 1 is 1.33 bits per heavy atom. The number of hydrogen-bond donors (Lipinski definition) is 1. The van der Waals surface area contributed by atoms with Crippen molar-refractivity contribution in [3.8, 4) is 0 Å². The zero-order valence-corrected chi connectivity index (χ0v) is 13.6.